The normalized spacial score (nSPS) is 21.8. The Kier molecular flexibility index (Phi) is 4.91. The average Bonchev–Trinajstić information content (AvgIpc) is 2.66. The second kappa shape index (κ2) is 7.48. The Hall–Kier alpha value is -2.36. The van der Waals surface area contributed by atoms with Gasteiger partial charge in [-0.2, -0.15) is 0 Å². The number of nitrogens with zero attached hydrogens (tertiary/aromatic N) is 1. The van der Waals surface area contributed by atoms with Crippen LogP contribution in [0.5, 0.6) is 11.5 Å². The van der Waals surface area contributed by atoms with E-state index in [9.17, 15) is 9.90 Å². The number of phenolic OH excluding ortho intramolecular Hbond substituents is 1. The summed E-state index contributed by atoms with van der Waals surface area (Å²) in [5, 5.41) is 10.4. The molecule has 0 aliphatic heterocycles. The Morgan fingerprint density at radius 3 is 2.96 bits per heavy atom. The molecule has 0 bridgehead atoms. The second-order valence-electron chi connectivity index (χ2n) is 7.50. The fraction of sp³-hybridized carbons (Fsp3) is 0.455. The third-order valence-corrected chi connectivity index (χ3v) is 5.76. The first kappa shape index (κ1) is 17.1. The summed E-state index contributed by atoms with van der Waals surface area (Å²) in [5.41, 5.74) is 2.74. The van der Waals surface area contributed by atoms with E-state index in [1.807, 2.05) is 18.3 Å². The van der Waals surface area contributed by atoms with Crippen molar-refractivity contribution in [2.75, 3.05) is 6.61 Å². The van der Waals surface area contributed by atoms with Crippen LogP contribution in [0.1, 0.15) is 65.9 Å². The van der Waals surface area contributed by atoms with Crippen LogP contribution in [0.25, 0.3) is 0 Å². The highest BCUT2D eigenvalue weighted by Crippen LogP contribution is 2.48. The van der Waals surface area contributed by atoms with Gasteiger partial charge in [0, 0.05) is 24.9 Å². The van der Waals surface area contributed by atoms with Crippen molar-refractivity contribution < 1.29 is 14.6 Å². The molecule has 0 spiro atoms. The van der Waals surface area contributed by atoms with Gasteiger partial charge in [-0.1, -0.05) is 18.9 Å². The lowest BCUT2D eigenvalue weighted by Crippen LogP contribution is -2.27. The summed E-state index contributed by atoms with van der Waals surface area (Å²) in [5.74, 6) is 1.67. The highest BCUT2D eigenvalue weighted by Gasteiger charge is 2.37. The molecule has 2 aromatic rings. The number of fused-ring (bicyclic) bond motifs is 3. The molecule has 1 aromatic heterocycles. The Bertz CT molecular complexity index is 787. The van der Waals surface area contributed by atoms with E-state index < -0.39 is 0 Å². The first-order valence-electron chi connectivity index (χ1n) is 9.64. The number of hydrogen-bond donors (Lipinski definition) is 1. The van der Waals surface area contributed by atoms with Gasteiger partial charge in [0.05, 0.1) is 12.2 Å². The Morgan fingerprint density at radius 2 is 2.12 bits per heavy atom. The molecule has 4 nitrogen and oxygen atoms in total. The maximum absolute atomic E-state index is 12.5. The molecule has 1 fully saturated rings. The van der Waals surface area contributed by atoms with Gasteiger partial charge in [-0.05, 0) is 60.8 Å². The molecule has 1 heterocycles. The number of aromatic hydroxyl groups is 1. The Balaban J connectivity index is 1.46. The molecule has 26 heavy (non-hydrogen) atoms. The van der Waals surface area contributed by atoms with Gasteiger partial charge in [0.1, 0.15) is 11.5 Å². The highest BCUT2D eigenvalue weighted by molar-refractivity contribution is 6.01. The van der Waals surface area contributed by atoms with E-state index in [-0.39, 0.29) is 11.5 Å². The van der Waals surface area contributed by atoms with Gasteiger partial charge in [0.2, 0.25) is 0 Å². The van der Waals surface area contributed by atoms with Gasteiger partial charge < -0.3 is 9.84 Å². The van der Waals surface area contributed by atoms with E-state index in [1.54, 1.807) is 12.3 Å². The van der Waals surface area contributed by atoms with Crippen LogP contribution in [0, 0.1) is 5.92 Å². The van der Waals surface area contributed by atoms with Crippen molar-refractivity contribution in [2.45, 2.75) is 50.9 Å². The average molecular weight is 351 g/mol. The van der Waals surface area contributed by atoms with Crippen LogP contribution in [0.15, 0.2) is 36.7 Å². The Labute approximate surface area is 154 Å². The number of Topliss-reactive ketones (excluding diaryl/α,β-unsaturated/α-hetero) is 1. The predicted molar refractivity (Wildman–Crippen MR) is 99.8 cm³/mol. The van der Waals surface area contributed by atoms with Crippen molar-refractivity contribution in [3.63, 3.8) is 0 Å². The van der Waals surface area contributed by atoms with Crippen molar-refractivity contribution in [3.05, 3.63) is 53.3 Å². The number of hydrogen-bond acceptors (Lipinski definition) is 4. The molecule has 0 radical (unpaired) electrons. The van der Waals surface area contributed by atoms with Gasteiger partial charge in [-0.3, -0.25) is 9.78 Å². The minimum atomic E-state index is 0.0822. The lowest BCUT2D eigenvalue weighted by atomic mass is 9.67. The molecule has 0 amide bonds. The Morgan fingerprint density at radius 1 is 1.23 bits per heavy atom. The van der Waals surface area contributed by atoms with Gasteiger partial charge >= 0.3 is 0 Å². The van der Waals surface area contributed by atoms with Crippen LogP contribution >= 0.6 is 0 Å². The summed E-state index contributed by atoms with van der Waals surface area (Å²) in [6.45, 7) is 0.579. The van der Waals surface area contributed by atoms with E-state index >= 15 is 0 Å². The quantitative estimate of drug-likeness (QED) is 0.796. The van der Waals surface area contributed by atoms with Crippen LogP contribution in [0.2, 0.25) is 0 Å². The highest BCUT2D eigenvalue weighted by atomic mass is 16.5. The SMILES string of the molecule is O=C1C[C@@H]2CCCC[C@H]2c2cc(OCCCc3cccnc3)cc(O)c21. The lowest BCUT2D eigenvalue weighted by Gasteiger charge is -2.36. The number of benzene rings is 1. The number of pyridine rings is 1. The van der Waals surface area contributed by atoms with Crippen LogP contribution < -0.4 is 4.74 Å². The number of rotatable bonds is 5. The fourth-order valence-corrected chi connectivity index (χ4v) is 4.52. The van der Waals surface area contributed by atoms with E-state index in [0.29, 0.717) is 36.2 Å². The number of aromatic nitrogens is 1. The van der Waals surface area contributed by atoms with Gasteiger partial charge in [-0.25, -0.2) is 0 Å². The number of carbonyl (C=O) groups excluding carboxylic acids is 1. The molecular weight excluding hydrogens is 326 g/mol. The topological polar surface area (TPSA) is 59.4 Å². The molecule has 0 unspecified atom stereocenters. The van der Waals surface area contributed by atoms with Gasteiger partial charge in [0.25, 0.3) is 0 Å². The number of ether oxygens (including phenoxy) is 1. The van der Waals surface area contributed by atoms with Crippen molar-refractivity contribution in [1.82, 2.24) is 4.98 Å². The van der Waals surface area contributed by atoms with Crippen molar-refractivity contribution in [2.24, 2.45) is 5.92 Å². The maximum Gasteiger partial charge on any atom is 0.167 e. The summed E-state index contributed by atoms with van der Waals surface area (Å²) < 4.78 is 5.90. The summed E-state index contributed by atoms with van der Waals surface area (Å²) in [6, 6.07) is 7.60. The molecule has 2 aliphatic rings. The molecule has 4 rings (SSSR count). The zero-order chi connectivity index (χ0) is 17.9. The lowest BCUT2D eigenvalue weighted by molar-refractivity contribution is 0.0915. The van der Waals surface area contributed by atoms with Crippen molar-refractivity contribution in [3.8, 4) is 11.5 Å². The zero-order valence-corrected chi connectivity index (χ0v) is 15.0. The van der Waals surface area contributed by atoms with Crippen molar-refractivity contribution >= 4 is 5.78 Å². The van der Waals surface area contributed by atoms with E-state index in [2.05, 4.69) is 11.1 Å². The van der Waals surface area contributed by atoms with Crippen LogP contribution in [-0.2, 0) is 6.42 Å². The van der Waals surface area contributed by atoms with E-state index in [4.69, 9.17) is 4.74 Å². The smallest absolute Gasteiger partial charge is 0.167 e. The molecule has 136 valence electrons. The zero-order valence-electron chi connectivity index (χ0n) is 15.0. The largest absolute Gasteiger partial charge is 0.507 e. The molecule has 1 saturated carbocycles. The van der Waals surface area contributed by atoms with Crippen LogP contribution in [0.3, 0.4) is 0 Å². The molecule has 2 aliphatic carbocycles. The molecule has 0 saturated heterocycles. The molecule has 1 N–H and O–H groups in total. The molecular formula is C22H25NO3. The van der Waals surface area contributed by atoms with Crippen LogP contribution in [-0.4, -0.2) is 22.5 Å². The first-order chi connectivity index (χ1) is 12.7. The summed E-state index contributed by atoms with van der Waals surface area (Å²) in [6.07, 6.45) is 10.7. The van der Waals surface area contributed by atoms with E-state index in [0.717, 1.165) is 31.2 Å². The fourth-order valence-electron chi connectivity index (χ4n) is 4.52. The predicted octanol–water partition coefficient (Wildman–Crippen LogP) is 4.66. The molecule has 1 aromatic carbocycles. The molecule has 2 atom stereocenters. The third-order valence-electron chi connectivity index (χ3n) is 5.76. The first-order valence-corrected chi connectivity index (χ1v) is 9.64. The van der Waals surface area contributed by atoms with E-state index in [1.165, 1.54) is 18.4 Å². The monoisotopic (exact) mass is 351 g/mol. The van der Waals surface area contributed by atoms with Crippen LogP contribution in [0.4, 0.5) is 0 Å². The summed E-state index contributed by atoms with van der Waals surface area (Å²) >= 11 is 0. The second-order valence-corrected chi connectivity index (χ2v) is 7.50. The summed E-state index contributed by atoms with van der Waals surface area (Å²) in [4.78, 5) is 16.6. The summed E-state index contributed by atoms with van der Waals surface area (Å²) in [7, 11) is 0. The minimum Gasteiger partial charge on any atom is -0.507 e. The number of phenols is 1. The van der Waals surface area contributed by atoms with Gasteiger partial charge in [-0.15, -0.1) is 0 Å². The van der Waals surface area contributed by atoms with Gasteiger partial charge in [0.15, 0.2) is 5.78 Å². The standard InChI is InChI=1S/C22H25NO3/c24-20-11-16-7-1-2-8-18(16)19-12-17(13-21(25)22(19)20)26-10-4-6-15-5-3-9-23-14-15/h3,5,9,12-14,16,18,25H,1-2,4,6-8,10-11H2/t16-,18+/m0/s1. The number of ketones is 1. The number of carbonyl (C=O) groups is 1. The van der Waals surface area contributed by atoms with Crippen molar-refractivity contribution in [1.29, 1.82) is 0 Å². The number of aryl methyl sites for hydroxylation is 1. The maximum atomic E-state index is 12.5. The molecule has 4 heteroatoms. The third kappa shape index (κ3) is 3.46. The minimum absolute atomic E-state index is 0.0822.